The summed E-state index contributed by atoms with van der Waals surface area (Å²) in [6, 6.07) is 0. The van der Waals surface area contributed by atoms with E-state index in [1.54, 1.807) is 0 Å². The smallest absolute Gasteiger partial charge is 0.312 e. The van der Waals surface area contributed by atoms with Gasteiger partial charge in [-0.1, -0.05) is 12.2 Å². The quantitative estimate of drug-likeness (QED) is 0.402. The van der Waals surface area contributed by atoms with Crippen molar-refractivity contribution in [2.45, 2.75) is 27.2 Å². The Labute approximate surface area is 86.5 Å². The first-order valence-corrected chi connectivity index (χ1v) is 4.95. The number of carbonyl (C=O) groups is 1. The minimum atomic E-state index is -0.440. The molecule has 3 heteroatoms. The van der Waals surface area contributed by atoms with Crippen LogP contribution in [-0.2, 0) is 9.53 Å². The molecule has 0 aliphatic heterocycles. The van der Waals surface area contributed by atoms with Gasteiger partial charge < -0.3 is 10.1 Å². The topological polar surface area (TPSA) is 38.3 Å². The Morgan fingerprint density at radius 2 is 2.14 bits per heavy atom. The van der Waals surface area contributed by atoms with E-state index < -0.39 is 5.41 Å². The van der Waals surface area contributed by atoms with Gasteiger partial charge in [-0.05, 0) is 33.7 Å². The molecule has 0 aromatic carbocycles. The van der Waals surface area contributed by atoms with Crippen molar-refractivity contribution in [2.24, 2.45) is 5.41 Å². The van der Waals surface area contributed by atoms with E-state index in [0.29, 0.717) is 6.54 Å². The minimum Gasteiger partial charge on any atom is -0.469 e. The van der Waals surface area contributed by atoms with E-state index in [1.165, 1.54) is 7.11 Å². The Balaban J connectivity index is 3.71. The van der Waals surface area contributed by atoms with Crippen molar-refractivity contribution < 1.29 is 9.53 Å². The number of hydrogen-bond acceptors (Lipinski definition) is 3. The normalized spacial score (nSPS) is 12.0. The van der Waals surface area contributed by atoms with Gasteiger partial charge in [0.25, 0.3) is 0 Å². The summed E-state index contributed by atoms with van der Waals surface area (Å²) in [5.41, 5.74) is -0.440. The highest BCUT2D eigenvalue weighted by atomic mass is 16.5. The largest absolute Gasteiger partial charge is 0.469 e. The highest BCUT2D eigenvalue weighted by Crippen LogP contribution is 2.14. The van der Waals surface area contributed by atoms with Gasteiger partial charge in [-0.25, -0.2) is 0 Å². The molecule has 14 heavy (non-hydrogen) atoms. The van der Waals surface area contributed by atoms with E-state index in [0.717, 1.165) is 13.0 Å². The fraction of sp³-hybridized carbons (Fsp3) is 0.727. The van der Waals surface area contributed by atoms with Crippen LogP contribution in [0.1, 0.15) is 27.2 Å². The molecule has 0 radical (unpaired) electrons. The number of hydrogen-bond donors (Lipinski definition) is 1. The molecule has 0 rings (SSSR count). The molecular weight excluding hydrogens is 178 g/mol. The molecule has 0 heterocycles. The maximum atomic E-state index is 11.3. The Morgan fingerprint density at radius 1 is 1.50 bits per heavy atom. The number of rotatable bonds is 6. The van der Waals surface area contributed by atoms with Crippen LogP contribution >= 0.6 is 0 Å². The lowest BCUT2D eigenvalue weighted by Crippen LogP contribution is -2.37. The van der Waals surface area contributed by atoms with E-state index in [4.69, 9.17) is 4.74 Å². The summed E-state index contributed by atoms with van der Waals surface area (Å²) in [7, 11) is 1.42. The molecule has 0 spiro atoms. The number of ether oxygens (including phenoxy) is 1. The van der Waals surface area contributed by atoms with Gasteiger partial charge in [-0.2, -0.15) is 0 Å². The molecule has 0 aliphatic rings. The second kappa shape index (κ2) is 6.60. The van der Waals surface area contributed by atoms with Crippen LogP contribution < -0.4 is 5.32 Å². The summed E-state index contributed by atoms with van der Waals surface area (Å²) in [5, 5.41) is 3.22. The molecule has 82 valence electrons. The molecule has 0 bridgehead atoms. The first kappa shape index (κ1) is 13.2. The minimum absolute atomic E-state index is 0.170. The van der Waals surface area contributed by atoms with Gasteiger partial charge in [0, 0.05) is 6.54 Å². The number of allylic oxidation sites excluding steroid dienone is 1. The van der Waals surface area contributed by atoms with E-state index in [2.05, 4.69) is 11.4 Å². The van der Waals surface area contributed by atoms with Crippen LogP contribution in [-0.4, -0.2) is 26.2 Å². The average molecular weight is 199 g/mol. The highest BCUT2D eigenvalue weighted by molar-refractivity contribution is 5.76. The van der Waals surface area contributed by atoms with Crippen molar-refractivity contribution in [2.75, 3.05) is 20.2 Å². The van der Waals surface area contributed by atoms with Crippen molar-refractivity contribution in [3.63, 3.8) is 0 Å². The van der Waals surface area contributed by atoms with Crippen LogP contribution in [0.25, 0.3) is 0 Å². The molecular formula is C11H21NO2. The van der Waals surface area contributed by atoms with Crippen LogP contribution in [0.15, 0.2) is 12.2 Å². The third-order valence-electron chi connectivity index (χ3n) is 2.03. The standard InChI is InChI=1S/C11H21NO2/c1-5-6-7-8-12-9-11(2,3)10(13)14-4/h5-6,12H,7-9H2,1-4H3/b6-5+. The lowest BCUT2D eigenvalue weighted by molar-refractivity contribution is -0.150. The second-order valence-electron chi connectivity index (χ2n) is 3.91. The molecule has 0 amide bonds. The molecule has 0 saturated heterocycles. The molecule has 0 fully saturated rings. The summed E-state index contributed by atoms with van der Waals surface area (Å²) in [5.74, 6) is -0.170. The maximum Gasteiger partial charge on any atom is 0.312 e. The Bertz CT molecular complexity index is 197. The van der Waals surface area contributed by atoms with Crippen LogP contribution in [0.3, 0.4) is 0 Å². The monoisotopic (exact) mass is 199 g/mol. The van der Waals surface area contributed by atoms with Crippen LogP contribution in [0.2, 0.25) is 0 Å². The fourth-order valence-electron chi connectivity index (χ4n) is 1.10. The summed E-state index contributed by atoms with van der Waals surface area (Å²) in [4.78, 5) is 11.3. The summed E-state index contributed by atoms with van der Waals surface area (Å²) in [6.07, 6.45) is 5.11. The number of carbonyl (C=O) groups excluding carboxylic acids is 1. The van der Waals surface area contributed by atoms with E-state index in [1.807, 2.05) is 26.8 Å². The zero-order valence-corrected chi connectivity index (χ0v) is 9.59. The molecule has 0 unspecified atom stereocenters. The molecule has 1 N–H and O–H groups in total. The van der Waals surface area contributed by atoms with Gasteiger partial charge in [0.05, 0.1) is 12.5 Å². The maximum absolute atomic E-state index is 11.3. The Morgan fingerprint density at radius 3 is 2.64 bits per heavy atom. The summed E-state index contributed by atoms with van der Waals surface area (Å²) >= 11 is 0. The summed E-state index contributed by atoms with van der Waals surface area (Å²) < 4.78 is 4.70. The van der Waals surface area contributed by atoms with Gasteiger partial charge >= 0.3 is 5.97 Å². The van der Waals surface area contributed by atoms with Crippen molar-refractivity contribution in [1.29, 1.82) is 0 Å². The summed E-state index contributed by atoms with van der Waals surface area (Å²) in [6.45, 7) is 7.30. The van der Waals surface area contributed by atoms with Crippen LogP contribution in [0.4, 0.5) is 0 Å². The zero-order chi connectivity index (χ0) is 11.0. The van der Waals surface area contributed by atoms with E-state index in [9.17, 15) is 4.79 Å². The van der Waals surface area contributed by atoms with Gasteiger partial charge in [0.1, 0.15) is 0 Å². The van der Waals surface area contributed by atoms with Crippen molar-refractivity contribution >= 4 is 5.97 Å². The third kappa shape index (κ3) is 5.02. The van der Waals surface area contributed by atoms with Crippen molar-refractivity contribution in [1.82, 2.24) is 5.32 Å². The number of esters is 1. The second-order valence-corrected chi connectivity index (χ2v) is 3.91. The molecule has 3 nitrogen and oxygen atoms in total. The van der Waals surface area contributed by atoms with Gasteiger partial charge in [-0.3, -0.25) is 4.79 Å². The first-order chi connectivity index (χ1) is 6.54. The molecule has 0 saturated carbocycles. The SMILES string of the molecule is C/C=C/CCNCC(C)(C)C(=O)OC. The van der Waals surface area contributed by atoms with Gasteiger partial charge in [-0.15, -0.1) is 0 Å². The number of nitrogens with one attached hydrogen (secondary N) is 1. The van der Waals surface area contributed by atoms with Gasteiger partial charge in [0.15, 0.2) is 0 Å². The first-order valence-electron chi connectivity index (χ1n) is 4.95. The van der Waals surface area contributed by atoms with Gasteiger partial charge in [0.2, 0.25) is 0 Å². The van der Waals surface area contributed by atoms with E-state index in [-0.39, 0.29) is 5.97 Å². The molecule has 0 atom stereocenters. The third-order valence-corrected chi connectivity index (χ3v) is 2.03. The Hall–Kier alpha value is -0.830. The average Bonchev–Trinajstić information content (AvgIpc) is 2.16. The Kier molecular flexibility index (Phi) is 6.21. The fourth-order valence-corrected chi connectivity index (χ4v) is 1.10. The predicted molar refractivity (Wildman–Crippen MR) is 58.1 cm³/mol. The zero-order valence-electron chi connectivity index (χ0n) is 9.59. The van der Waals surface area contributed by atoms with Crippen molar-refractivity contribution in [3.8, 4) is 0 Å². The lowest BCUT2D eigenvalue weighted by Gasteiger charge is -2.21. The molecule has 0 aromatic heterocycles. The molecule has 0 aromatic rings. The number of methoxy groups -OCH3 is 1. The highest BCUT2D eigenvalue weighted by Gasteiger charge is 2.27. The van der Waals surface area contributed by atoms with Crippen LogP contribution in [0, 0.1) is 5.41 Å². The molecule has 0 aliphatic carbocycles. The van der Waals surface area contributed by atoms with Crippen LogP contribution in [0.5, 0.6) is 0 Å². The predicted octanol–water partition coefficient (Wildman–Crippen LogP) is 1.74. The lowest BCUT2D eigenvalue weighted by atomic mass is 9.94. The van der Waals surface area contributed by atoms with Crippen molar-refractivity contribution in [3.05, 3.63) is 12.2 Å². The van der Waals surface area contributed by atoms with E-state index >= 15 is 0 Å².